The van der Waals surface area contributed by atoms with Crippen molar-refractivity contribution in [1.82, 2.24) is 10.3 Å². The van der Waals surface area contributed by atoms with Crippen LogP contribution in [0.15, 0.2) is 65.8 Å². The lowest BCUT2D eigenvalue weighted by Crippen LogP contribution is -2.40. The summed E-state index contributed by atoms with van der Waals surface area (Å²) < 4.78 is 29.0. The maximum atomic E-state index is 13.0. The quantitative estimate of drug-likeness (QED) is 0.478. The average Bonchev–Trinajstić information content (AvgIpc) is 2.96. The van der Waals surface area contributed by atoms with Gasteiger partial charge in [0.15, 0.2) is 0 Å². The van der Waals surface area contributed by atoms with Crippen LogP contribution in [0.1, 0.15) is 18.1 Å². The van der Waals surface area contributed by atoms with E-state index in [0.717, 1.165) is 5.39 Å². The molecule has 0 unspecified atom stereocenters. The van der Waals surface area contributed by atoms with Gasteiger partial charge in [0.25, 0.3) is 5.91 Å². The van der Waals surface area contributed by atoms with Crippen molar-refractivity contribution in [3.8, 4) is 11.5 Å². The van der Waals surface area contributed by atoms with E-state index < -0.39 is 24.1 Å². The second kappa shape index (κ2) is 7.67. The van der Waals surface area contributed by atoms with Crippen molar-refractivity contribution < 1.29 is 28.2 Å². The van der Waals surface area contributed by atoms with Gasteiger partial charge in [0, 0.05) is 5.56 Å². The summed E-state index contributed by atoms with van der Waals surface area (Å²) in [6, 6.07) is 15.2. The van der Waals surface area contributed by atoms with E-state index in [0.29, 0.717) is 21.5 Å². The van der Waals surface area contributed by atoms with Crippen molar-refractivity contribution in [2.24, 2.45) is 5.10 Å². The van der Waals surface area contributed by atoms with Crippen molar-refractivity contribution >= 4 is 28.9 Å². The number of phenolic OH excluding ortho intramolecular Hbond substituents is 1. The molecule has 3 amide bonds. The van der Waals surface area contributed by atoms with Gasteiger partial charge in [0.05, 0.1) is 6.21 Å². The summed E-state index contributed by atoms with van der Waals surface area (Å²) in [5.41, 5.74) is -0.711. The minimum absolute atomic E-state index is 0.0492. The number of imide groups is 1. The van der Waals surface area contributed by atoms with E-state index >= 15 is 0 Å². The Bertz CT molecular complexity index is 1200. The maximum absolute atomic E-state index is 13.0. The summed E-state index contributed by atoms with van der Waals surface area (Å²) in [4.78, 5) is 25.4. The Morgan fingerprint density at radius 1 is 1.10 bits per heavy atom. The Kier molecular flexibility index (Phi) is 5.02. The average molecular weight is 425 g/mol. The number of benzene rings is 3. The van der Waals surface area contributed by atoms with Gasteiger partial charge in [-0.2, -0.15) is 13.9 Å². The molecule has 3 aromatic rings. The van der Waals surface area contributed by atoms with Gasteiger partial charge in [-0.3, -0.25) is 4.79 Å². The molecule has 1 fully saturated rings. The Balaban J connectivity index is 1.63. The molecule has 0 aromatic heterocycles. The summed E-state index contributed by atoms with van der Waals surface area (Å²) in [5, 5.41) is 19.0. The van der Waals surface area contributed by atoms with Crippen LogP contribution in [-0.4, -0.2) is 34.9 Å². The molecule has 0 spiro atoms. The third kappa shape index (κ3) is 3.65. The van der Waals surface area contributed by atoms with Crippen LogP contribution in [0.25, 0.3) is 10.8 Å². The highest BCUT2D eigenvalue weighted by atomic mass is 19.3. The fraction of sp³-hybridized carbons (Fsp3) is 0.136. The third-order valence-corrected chi connectivity index (χ3v) is 5.08. The van der Waals surface area contributed by atoms with Gasteiger partial charge >= 0.3 is 12.6 Å². The molecule has 4 rings (SSSR count). The maximum Gasteiger partial charge on any atom is 0.387 e. The molecule has 0 saturated carbocycles. The lowest BCUT2D eigenvalue weighted by atomic mass is 9.92. The third-order valence-electron chi connectivity index (χ3n) is 5.08. The van der Waals surface area contributed by atoms with Crippen molar-refractivity contribution in [3.05, 3.63) is 71.8 Å². The molecule has 3 aromatic carbocycles. The molecule has 1 atom stereocenters. The first kappa shape index (κ1) is 20.3. The van der Waals surface area contributed by atoms with Gasteiger partial charge in [-0.15, -0.1) is 5.01 Å². The topological polar surface area (TPSA) is 91.2 Å². The summed E-state index contributed by atoms with van der Waals surface area (Å²) in [5.74, 6) is -0.775. The summed E-state index contributed by atoms with van der Waals surface area (Å²) >= 11 is 0. The van der Waals surface area contributed by atoms with Crippen molar-refractivity contribution in [3.63, 3.8) is 0 Å². The van der Waals surface area contributed by atoms with Crippen LogP contribution >= 0.6 is 0 Å². The number of halogens is 2. The number of phenols is 1. The Hall–Kier alpha value is -4.01. The van der Waals surface area contributed by atoms with Crippen LogP contribution in [0.3, 0.4) is 0 Å². The fourth-order valence-electron chi connectivity index (χ4n) is 3.43. The van der Waals surface area contributed by atoms with E-state index in [4.69, 9.17) is 0 Å². The van der Waals surface area contributed by atoms with E-state index in [9.17, 15) is 23.5 Å². The molecule has 2 N–H and O–H groups in total. The molecule has 7 nitrogen and oxygen atoms in total. The minimum atomic E-state index is -2.97. The number of hydrazone groups is 1. The number of rotatable bonds is 5. The number of fused-ring (bicyclic) bond motifs is 1. The highest BCUT2D eigenvalue weighted by molar-refractivity contribution is 6.08. The zero-order chi connectivity index (χ0) is 22.2. The molecule has 1 aliphatic rings. The normalized spacial score (nSPS) is 18.9. The number of hydrogen-bond donors (Lipinski definition) is 2. The molecule has 9 heteroatoms. The van der Waals surface area contributed by atoms with Gasteiger partial charge in [-0.05, 0) is 41.5 Å². The number of carbonyl (C=O) groups excluding carboxylic acids is 2. The molecule has 158 valence electrons. The van der Waals surface area contributed by atoms with Gasteiger partial charge in [0.2, 0.25) is 0 Å². The number of nitrogens with one attached hydrogen (secondary N) is 1. The number of urea groups is 1. The molecule has 1 heterocycles. The summed E-state index contributed by atoms with van der Waals surface area (Å²) in [7, 11) is 0. The minimum Gasteiger partial charge on any atom is -0.507 e. The number of amides is 3. The number of ether oxygens (including phenoxy) is 1. The predicted octanol–water partition coefficient (Wildman–Crippen LogP) is 3.95. The van der Waals surface area contributed by atoms with E-state index in [2.05, 4.69) is 15.2 Å². The van der Waals surface area contributed by atoms with Crippen LogP contribution in [0.2, 0.25) is 0 Å². The van der Waals surface area contributed by atoms with Gasteiger partial charge in [-0.25, -0.2) is 4.79 Å². The van der Waals surface area contributed by atoms with Gasteiger partial charge in [0.1, 0.15) is 17.0 Å². The lowest BCUT2D eigenvalue weighted by Gasteiger charge is -2.21. The first-order chi connectivity index (χ1) is 14.8. The zero-order valence-corrected chi connectivity index (χ0v) is 16.3. The number of hydrogen-bond acceptors (Lipinski definition) is 5. The van der Waals surface area contributed by atoms with Crippen LogP contribution in [0.4, 0.5) is 13.6 Å². The Morgan fingerprint density at radius 3 is 2.52 bits per heavy atom. The number of carbonyl (C=O) groups is 2. The van der Waals surface area contributed by atoms with Crippen LogP contribution in [-0.2, 0) is 10.3 Å². The Labute approximate surface area is 175 Å². The molecule has 1 saturated heterocycles. The zero-order valence-electron chi connectivity index (χ0n) is 16.3. The SMILES string of the molecule is C[C@]1(c2ccc(OC(F)F)cc2)NC(=O)N(/N=C/c2c(O)ccc3ccccc23)C1=O. The molecule has 1 aliphatic heterocycles. The van der Waals surface area contributed by atoms with Crippen LogP contribution in [0.5, 0.6) is 11.5 Å². The molecular formula is C22H17F2N3O4. The van der Waals surface area contributed by atoms with Gasteiger partial charge in [-0.1, -0.05) is 42.5 Å². The number of aromatic hydroxyl groups is 1. The standard InChI is InChI=1S/C22H17F2N3O4/c1-22(14-7-9-15(10-8-14)31-20(23)24)19(29)27(21(30)26-22)25-12-17-16-5-3-2-4-13(16)6-11-18(17)28/h2-12,20,28H,1H3,(H,26,30)/b25-12+/t22-/m1/s1. The second-order valence-electron chi connectivity index (χ2n) is 7.04. The molecule has 0 bridgehead atoms. The monoisotopic (exact) mass is 425 g/mol. The first-order valence-electron chi connectivity index (χ1n) is 9.26. The molecular weight excluding hydrogens is 408 g/mol. The number of nitrogens with zero attached hydrogens (tertiary/aromatic N) is 2. The van der Waals surface area contributed by atoms with E-state index in [1.54, 1.807) is 18.2 Å². The largest absolute Gasteiger partial charge is 0.507 e. The van der Waals surface area contributed by atoms with Crippen molar-refractivity contribution in [2.45, 2.75) is 19.1 Å². The van der Waals surface area contributed by atoms with Crippen LogP contribution < -0.4 is 10.1 Å². The summed E-state index contributed by atoms with van der Waals surface area (Å²) in [6.45, 7) is -1.48. The smallest absolute Gasteiger partial charge is 0.387 e. The highest BCUT2D eigenvalue weighted by Gasteiger charge is 2.49. The molecule has 0 radical (unpaired) electrons. The fourth-order valence-corrected chi connectivity index (χ4v) is 3.43. The lowest BCUT2D eigenvalue weighted by molar-refractivity contribution is -0.131. The van der Waals surface area contributed by atoms with Crippen LogP contribution in [0, 0.1) is 0 Å². The summed E-state index contributed by atoms with van der Waals surface area (Å²) in [6.07, 6.45) is 1.25. The molecule has 0 aliphatic carbocycles. The van der Waals surface area contributed by atoms with Gasteiger partial charge < -0.3 is 15.2 Å². The predicted molar refractivity (Wildman–Crippen MR) is 109 cm³/mol. The van der Waals surface area contributed by atoms with Crippen molar-refractivity contribution in [2.75, 3.05) is 0 Å². The van der Waals surface area contributed by atoms with E-state index in [1.165, 1.54) is 43.5 Å². The Morgan fingerprint density at radius 2 is 1.81 bits per heavy atom. The van der Waals surface area contributed by atoms with E-state index in [-0.39, 0.29) is 11.5 Å². The molecule has 31 heavy (non-hydrogen) atoms. The highest BCUT2D eigenvalue weighted by Crippen LogP contribution is 2.31. The van der Waals surface area contributed by atoms with Crippen molar-refractivity contribution in [1.29, 1.82) is 0 Å². The second-order valence-corrected chi connectivity index (χ2v) is 7.04. The number of alkyl halides is 2. The first-order valence-corrected chi connectivity index (χ1v) is 9.26. The van der Waals surface area contributed by atoms with E-state index in [1.807, 2.05) is 12.1 Å².